The Bertz CT molecular complexity index is 1000. The highest BCUT2D eigenvalue weighted by Crippen LogP contribution is 2.42. The van der Waals surface area contributed by atoms with Gasteiger partial charge in [-0.15, -0.1) is 0 Å². The molecule has 3 aliphatic rings. The Hall–Kier alpha value is -2.14. The van der Waals surface area contributed by atoms with Gasteiger partial charge in [0, 0.05) is 25.6 Å². The minimum absolute atomic E-state index is 0.0518. The first-order valence-corrected chi connectivity index (χ1v) is 14.4. The van der Waals surface area contributed by atoms with Crippen LogP contribution < -0.4 is 10.1 Å². The normalized spacial score (nSPS) is 23.1. The third kappa shape index (κ3) is 7.00. The van der Waals surface area contributed by atoms with E-state index in [-0.39, 0.29) is 49.1 Å². The second kappa shape index (κ2) is 12.4. The van der Waals surface area contributed by atoms with Gasteiger partial charge in [0.2, 0.25) is 16.3 Å². The number of aliphatic hydroxyl groups excluding tert-OH is 1. The van der Waals surface area contributed by atoms with Crippen LogP contribution in [0.4, 0.5) is 0 Å². The van der Waals surface area contributed by atoms with Gasteiger partial charge in [-0.2, -0.15) is 4.31 Å². The maximum atomic E-state index is 13.1. The van der Waals surface area contributed by atoms with Gasteiger partial charge in [-0.25, -0.2) is 8.42 Å². The van der Waals surface area contributed by atoms with E-state index in [0.29, 0.717) is 23.8 Å². The molecule has 2 N–H and O–H groups in total. The molecule has 0 aromatic heterocycles. The average Bonchev–Trinajstić information content (AvgIpc) is 3.74. The predicted octanol–water partition coefficient (Wildman–Crippen LogP) is 2.80. The number of nitrogens with zero attached hydrogens (tertiary/aromatic N) is 1. The number of aliphatic hydroxyl groups is 1. The number of carbonyl (C=O) groups is 1. The quantitative estimate of drug-likeness (QED) is 0.434. The van der Waals surface area contributed by atoms with Crippen LogP contribution in [0, 0.1) is 11.8 Å². The van der Waals surface area contributed by atoms with Gasteiger partial charge in [-0.05, 0) is 67.9 Å². The number of amides is 1. The highest BCUT2D eigenvalue weighted by molar-refractivity contribution is 7.89. The Labute approximate surface area is 213 Å². The lowest BCUT2D eigenvalue weighted by Crippen LogP contribution is -2.41. The molecule has 2 saturated carbocycles. The maximum Gasteiger partial charge on any atom is 0.286 e. The van der Waals surface area contributed by atoms with E-state index in [2.05, 4.69) is 5.32 Å². The van der Waals surface area contributed by atoms with E-state index in [1.165, 1.54) is 30.0 Å². The predicted molar refractivity (Wildman–Crippen MR) is 134 cm³/mol. The summed E-state index contributed by atoms with van der Waals surface area (Å²) in [7, 11) is -2.31. The third-order valence-corrected chi connectivity index (χ3v) is 9.08. The maximum absolute atomic E-state index is 13.1. The molecular formula is C26H38N2O7S. The number of rotatable bonds is 12. The molecule has 200 valence electrons. The Morgan fingerprint density at radius 1 is 1.11 bits per heavy atom. The summed E-state index contributed by atoms with van der Waals surface area (Å²) in [6.45, 7) is -0.235. The van der Waals surface area contributed by atoms with Gasteiger partial charge in [-0.1, -0.05) is 19.3 Å². The number of nitrogens with one attached hydrogen (secondary N) is 1. The zero-order valence-corrected chi connectivity index (χ0v) is 21.8. The third-order valence-electron chi connectivity index (χ3n) is 7.17. The minimum atomic E-state index is -3.82. The van der Waals surface area contributed by atoms with E-state index in [1.54, 1.807) is 12.1 Å². The minimum Gasteiger partial charge on any atom is -0.497 e. The molecule has 0 spiro atoms. The molecule has 10 heteroatoms. The van der Waals surface area contributed by atoms with Crippen LogP contribution in [0.1, 0.15) is 51.4 Å². The van der Waals surface area contributed by atoms with Gasteiger partial charge in [0.25, 0.3) is 5.91 Å². The molecule has 4 rings (SSSR count). The van der Waals surface area contributed by atoms with Gasteiger partial charge in [0.15, 0.2) is 5.76 Å². The number of hydrogen-bond donors (Lipinski definition) is 2. The van der Waals surface area contributed by atoms with Crippen molar-refractivity contribution in [3.8, 4) is 5.75 Å². The van der Waals surface area contributed by atoms with E-state index >= 15 is 0 Å². The number of carbonyl (C=O) groups excluding carboxylic acids is 1. The van der Waals surface area contributed by atoms with E-state index < -0.39 is 16.3 Å². The first-order valence-electron chi connectivity index (χ1n) is 13.0. The second-order valence-corrected chi connectivity index (χ2v) is 11.7. The number of benzene rings is 1. The van der Waals surface area contributed by atoms with Crippen LogP contribution in [0.15, 0.2) is 41.0 Å². The smallest absolute Gasteiger partial charge is 0.286 e. The number of ether oxygens (including phenoxy) is 3. The van der Waals surface area contributed by atoms with Gasteiger partial charge in [-0.3, -0.25) is 4.79 Å². The zero-order valence-electron chi connectivity index (χ0n) is 20.9. The standard InChI is InChI=1S/C26H38N2O7S/c1-33-22-9-11-23(12-10-22)36(31,32)28(13-15-29)14-16-34-25-18-20(19-7-8-19)17-24(35-25)26(30)27-21-5-3-2-4-6-21/h9-12,17,19-21,25,29H,2-8,13-16,18H2,1H3,(H,27,30)/t20-,25+/m1/s1. The summed E-state index contributed by atoms with van der Waals surface area (Å²) in [5.74, 6) is 1.44. The van der Waals surface area contributed by atoms with Crippen LogP contribution in [0.5, 0.6) is 5.75 Å². The number of hydrogen-bond acceptors (Lipinski definition) is 7. The average molecular weight is 523 g/mol. The van der Waals surface area contributed by atoms with E-state index in [9.17, 15) is 18.3 Å². The molecule has 0 bridgehead atoms. The van der Waals surface area contributed by atoms with Crippen molar-refractivity contribution in [2.24, 2.45) is 11.8 Å². The molecule has 1 aromatic rings. The van der Waals surface area contributed by atoms with Crippen LogP contribution in [0.2, 0.25) is 0 Å². The molecule has 1 aliphatic heterocycles. The molecule has 36 heavy (non-hydrogen) atoms. The van der Waals surface area contributed by atoms with Crippen molar-refractivity contribution in [1.82, 2.24) is 9.62 Å². The fourth-order valence-corrected chi connectivity index (χ4v) is 6.36. The lowest BCUT2D eigenvalue weighted by molar-refractivity contribution is -0.150. The Kier molecular flexibility index (Phi) is 9.27. The van der Waals surface area contributed by atoms with Crippen LogP contribution in [-0.4, -0.2) is 69.5 Å². The first-order chi connectivity index (χ1) is 17.4. The van der Waals surface area contributed by atoms with Gasteiger partial charge < -0.3 is 24.6 Å². The van der Waals surface area contributed by atoms with Gasteiger partial charge in [0.1, 0.15) is 5.75 Å². The lowest BCUT2D eigenvalue weighted by Gasteiger charge is -2.31. The van der Waals surface area contributed by atoms with Gasteiger partial charge >= 0.3 is 0 Å². The number of allylic oxidation sites excluding steroid dienone is 1. The summed E-state index contributed by atoms with van der Waals surface area (Å²) in [4.78, 5) is 13.0. The van der Waals surface area contributed by atoms with E-state index in [1.807, 2.05) is 6.08 Å². The molecule has 1 aromatic carbocycles. The zero-order chi connectivity index (χ0) is 25.5. The number of sulfonamides is 1. The SMILES string of the molecule is COc1ccc(S(=O)(=O)N(CCO)CCO[C@@H]2C[C@H](C3CC3)C=C(C(=O)NC3CCCCC3)O2)cc1. The summed E-state index contributed by atoms with van der Waals surface area (Å²) in [5, 5.41) is 12.6. The molecule has 2 aliphatic carbocycles. The summed E-state index contributed by atoms with van der Waals surface area (Å²) >= 11 is 0. The summed E-state index contributed by atoms with van der Waals surface area (Å²) in [6.07, 6.45) is 9.70. The molecular weight excluding hydrogens is 484 g/mol. The van der Waals surface area contributed by atoms with Crippen molar-refractivity contribution in [2.45, 2.75) is 68.6 Å². The summed E-state index contributed by atoms with van der Waals surface area (Å²) < 4.78 is 44.4. The van der Waals surface area contributed by atoms with Crippen molar-refractivity contribution < 1.29 is 32.5 Å². The Balaban J connectivity index is 1.35. The van der Waals surface area contributed by atoms with Crippen molar-refractivity contribution in [2.75, 3.05) is 33.4 Å². The fourth-order valence-electron chi connectivity index (χ4n) is 4.95. The van der Waals surface area contributed by atoms with Crippen molar-refractivity contribution in [1.29, 1.82) is 0 Å². The molecule has 2 fully saturated rings. The molecule has 9 nitrogen and oxygen atoms in total. The largest absolute Gasteiger partial charge is 0.497 e. The van der Waals surface area contributed by atoms with Crippen LogP contribution in [0.25, 0.3) is 0 Å². The Morgan fingerprint density at radius 3 is 2.47 bits per heavy atom. The van der Waals surface area contributed by atoms with Crippen molar-refractivity contribution in [3.63, 3.8) is 0 Å². The molecule has 0 radical (unpaired) electrons. The van der Waals surface area contributed by atoms with Crippen LogP contribution >= 0.6 is 0 Å². The van der Waals surface area contributed by atoms with Crippen LogP contribution in [-0.2, 0) is 24.3 Å². The second-order valence-electron chi connectivity index (χ2n) is 9.80. The van der Waals surface area contributed by atoms with Gasteiger partial charge in [0.05, 0.1) is 25.2 Å². The van der Waals surface area contributed by atoms with Crippen molar-refractivity contribution in [3.05, 3.63) is 36.1 Å². The molecule has 0 unspecified atom stereocenters. The van der Waals surface area contributed by atoms with Crippen LogP contribution in [0.3, 0.4) is 0 Å². The Morgan fingerprint density at radius 2 is 1.83 bits per heavy atom. The fraction of sp³-hybridized carbons (Fsp3) is 0.654. The summed E-state index contributed by atoms with van der Waals surface area (Å²) in [6, 6.07) is 6.31. The molecule has 2 atom stereocenters. The monoisotopic (exact) mass is 522 g/mol. The summed E-state index contributed by atoms with van der Waals surface area (Å²) in [5.41, 5.74) is 0. The topological polar surface area (TPSA) is 114 Å². The molecule has 1 heterocycles. The first kappa shape index (κ1) is 26.9. The van der Waals surface area contributed by atoms with Crippen molar-refractivity contribution >= 4 is 15.9 Å². The van der Waals surface area contributed by atoms with E-state index in [0.717, 1.165) is 38.5 Å². The highest BCUT2D eigenvalue weighted by Gasteiger charge is 2.37. The number of methoxy groups -OCH3 is 1. The highest BCUT2D eigenvalue weighted by atomic mass is 32.2. The van der Waals surface area contributed by atoms with E-state index in [4.69, 9.17) is 14.2 Å². The lowest BCUT2D eigenvalue weighted by atomic mass is 9.94. The molecule has 1 amide bonds. The molecule has 0 saturated heterocycles.